The van der Waals surface area contributed by atoms with Crippen molar-refractivity contribution < 1.29 is 9.59 Å². The van der Waals surface area contributed by atoms with Gasteiger partial charge in [-0.2, -0.15) is 0 Å². The predicted octanol–water partition coefficient (Wildman–Crippen LogP) is 3.93. The van der Waals surface area contributed by atoms with Crippen molar-refractivity contribution in [2.45, 2.75) is 64.5 Å². The van der Waals surface area contributed by atoms with Gasteiger partial charge in [0.05, 0.1) is 0 Å². The molecular weight excluding hydrogens is 324 g/mol. The molecule has 0 aliphatic heterocycles. The van der Waals surface area contributed by atoms with Crippen molar-refractivity contribution in [3.8, 4) is 0 Å². The predicted molar refractivity (Wildman–Crippen MR) is 97.2 cm³/mol. The Morgan fingerprint density at radius 2 is 1.75 bits per heavy atom. The number of halogens is 1. The number of hydrogen-bond donors (Lipinski definition) is 2. The van der Waals surface area contributed by atoms with Crippen LogP contribution in [0, 0.1) is 5.92 Å². The maximum atomic E-state index is 12.6. The van der Waals surface area contributed by atoms with Crippen molar-refractivity contribution in [3.63, 3.8) is 0 Å². The molecule has 2 N–H and O–H groups in total. The zero-order chi connectivity index (χ0) is 17.5. The molecule has 24 heavy (non-hydrogen) atoms. The van der Waals surface area contributed by atoms with E-state index in [4.69, 9.17) is 11.6 Å². The second kappa shape index (κ2) is 9.07. The molecule has 1 atom stereocenters. The highest BCUT2D eigenvalue weighted by molar-refractivity contribution is 6.30. The van der Waals surface area contributed by atoms with Crippen molar-refractivity contribution in [2.24, 2.45) is 5.92 Å². The highest BCUT2D eigenvalue weighted by atomic mass is 35.5. The van der Waals surface area contributed by atoms with Crippen LogP contribution in [0.1, 0.15) is 62.7 Å². The lowest BCUT2D eigenvalue weighted by atomic mass is 9.94. The minimum atomic E-state index is -0.505. The summed E-state index contributed by atoms with van der Waals surface area (Å²) in [5.41, 5.74) is 0.513. The van der Waals surface area contributed by atoms with Gasteiger partial charge in [0.15, 0.2) is 0 Å². The van der Waals surface area contributed by atoms with Gasteiger partial charge in [-0.15, -0.1) is 0 Å². The number of benzene rings is 1. The zero-order valence-electron chi connectivity index (χ0n) is 14.5. The van der Waals surface area contributed by atoms with E-state index in [0.29, 0.717) is 22.9 Å². The van der Waals surface area contributed by atoms with Crippen LogP contribution >= 0.6 is 11.6 Å². The van der Waals surface area contributed by atoms with Crippen LogP contribution in [0.4, 0.5) is 0 Å². The van der Waals surface area contributed by atoms with E-state index in [9.17, 15) is 9.59 Å². The molecule has 0 aromatic heterocycles. The summed E-state index contributed by atoms with van der Waals surface area (Å²) >= 11 is 5.85. The molecule has 132 valence electrons. The first-order chi connectivity index (χ1) is 11.5. The highest BCUT2D eigenvalue weighted by Crippen LogP contribution is 2.18. The maximum Gasteiger partial charge on any atom is 0.251 e. The summed E-state index contributed by atoms with van der Waals surface area (Å²) in [6.07, 6.45) is 6.26. The van der Waals surface area contributed by atoms with Crippen molar-refractivity contribution in [3.05, 3.63) is 34.9 Å². The van der Waals surface area contributed by atoms with Gasteiger partial charge in [0.1, 0.15) is 6.04 Å². The SMILES string of the molecule is CC(C)C[C@H](NC(=O)c1ccc(Cl)cc1)C(=O)NC1CCCCC1. The molecule has 4 nitrogen and oxygen atoms in total. The molecule has 1 aliphatic rings. The van der Waals surface area contributed by atoms with Crippen molar-refractivity contribution in [1.29, 1.82) is 0 Å². The molecule has 1 aromatic rings. The van der Waals surface area contributed by atoms with Gasteiger partial charge in [-0.25, -0.2) is 0 Å². The van der Waals surface area contributed by atoms with Gasteiger partial charge in [-0.3, -0.25) is 9.59 Å². The van der Waals surface area contributed by atoms with Gasteiger partial charge >= 0.3 is 0 Å². The zero-order valence-corrected chi connectivity index (χ0v) is 15.2. The Hall–Kier alpha value is -1.55. The van der Waals surface area contributed by atoms with Crippen LogP contribution in [-0.4, -0.2) is 23.9 Å². The Labute approximate surface area is 149 Å². The first-order valence-corrected chi connectivity index (χ1v) is 9.20. The van der Waals surface area contributed by atoms with Crippen molar-refractivity contribution >= 4 is 23.4 Å². The molecule has 0 spiro atoms. The van der Waals surface area contributed by atoms with E-state index in [1.165, 1.54) is 6.42 Å². The Balaban J connectivity index is 1.99. The smallest absolute Gasteiger partial charge is 0.251 e. The largest absolute Gasteiger partial charge is 0.352 e. The molecule has 1 aliphatic carbocycles. The van der Waals surface area contributed by atoms with E-state index in [-0.39, 0.29) is 17.9 Å². The molecule has 0 saturated heterocycles. The fourth-order valence-corrected chi connectivity index (χ4v) is 3.22. The number of carbonyl (C=O) groups excluding carboxylic acids is 2. The fraction of sp³-hybridized carbons (Fsp3) is 0.579. The lowest BCUT2D eigenvalue weighted by Crippen LogP contribution is -2.50. The second-order valence-corrected chi connectivity index (χ2v) is 7.44. The number of amides is 2. The molecule has 2 amide bonds. The second-order valence-electron chi connectivity index (χ2n) is 7.01. The van der Waals surface area contributed by atoms with Gasteiger partial charge in [0, 0.05) is 16.6 Å². The molecule has 0 unspecified atom stereocenters. The number of rotatable bonds is 6. The standard InChI is InChI=1S/C19H27ClN2O2/c1-13(2)12-17(19(24)21-16-6-4-3-5-7-16)22-18(23)14-8-10-15(20)11-9-14/h8-11,13,16-17H,3-7,12H2,1-2H3,(H,21,24)(H,22,23)/t17-/m0/s1. The summed E-state index contributed by atoms with van der Waals surface area (Å²) in [6, 6.07) is 6.43. The lowest BCUT2D eigenvalue weighted by molar-refractivity contribution is -0.124. The van der Waals surface area contributed by atoms with Gasteiger partial charge in [-0.05, 0) is 49.4 Å². The van der Waals surface area contributed by atoms with Crippen LogP contribution in [0.2, 0.25) is 5.02 Å². The van der Waals surface area contributed by atoms with Crippen LogP contribution < -0.4 is 10.6 Å². The molecule has 1 aromatic carbocycles. The van der Waals surface area contributed by atoms with Crippen LogP contribution in [-0.2, 0) is 4.79 Å². The molecule has 1 fully saturated rings. The fourth-order valence-electron chi connectivity index (χ4n) is 3.09. The van der Waals surface area contributed by atoms with Crippen LogP contribution in [0.3, 0.4) is 0 Å². The Morgan fingerprint density at radius 1 is 1.12 bits per heavy atom. The Morgan fingerprint density at radius 3 is 2.33 bits per heavy atom. The van der Waals surface area contributed by atoms with E-state index in [1.807, 2.05) is 0 Å². The summed E-state index contributed by atoms with van der Waals surface area (Å²) in [6.45, 7) is 4.10. The third-order valence-electron chi connectivity index (χ3n) is 4.39. The topological polar surface area (TPSA) is 58.2 Å². The van der Waals surface area contributed by atoms with Gasteiger partial charge in [0.2, 0.25) is 5.91 Å². The summed E-state index contributed by atoms with van der Waals surface area (Å²) < 4.78 is 0. The monoisotopic (exact) mass is 350 g/mol. The van der Waals surface area contributed by atoms with Gasteiger partial charge in [0.25, 0.3) is 5.91 Å². The molecule has 0 heterocycles. The normalized spacial score (nSPS) is 16.7. The Bertz CT molecular complexity index is 551. The van der Waals surface area contributed by atoms with E-state index in [2.05, 4.69) is 24.5 Å². The van der Waals surface area contributed by atoms with E-state index < -0.39 is 6.04 Å². The van der Waals surface area contributed by atoms with Crippen molar-refractivity contribution in [1.82, 2.24) is 10.6 Å². The van der Waals surface area contributed by atoms with E-state index in [0.717, 1.165) is 25.7 Å². The van der Waals surface area contributed by atoms with Gasteiger partial charge < -0.3 is 10.6 Å². The Kier molecular flexibility index (Phi) is 7.10. The summed E-state index contributed by atoms with van der Waals surface area (Å²) in [5, 5.41) is 6.58. The van der Waals surface area contributed by atoms with Crippen LogP contribution in [0.25, 0.3) is 0 Å². The minimum Gasteiger partial charge on any atom is -0.352 e. The summed E-state index contributed by atoms with van der Waals surface area (Å²) in [5.74, 6) is 0.00616. The van der Waals surface area contributed by atoms with Crippen LogP contribution in [0.5, 0.6) is 0 Å². The molecule has 0 radical (unpaired) electrons. The third kappa shape index (κ3) is 5.82. The number of hydrogen-bond acceptors (Lipinski definition) is 2. The highest BCUT2D eigenvalue weighted by Gasteiger charge is 2.25. The first-order valence-electron chi connectivity index (χ1n) is 8.82. The average molecular weight is 351 g/mol. The molecule has 1 saturated carbocycles. The number of carbonyl (C=O) groups is 2. The quantitative estimate of drug-likeness (QED) is 0.816. The molecule has 5 heteroatoms. The van der Waals surface area contributed by atoms with Crippen LogP contribution in [0.15, 0.2) is 24.3 Å². The summed E-state index contributed by atoms with van der Waals surface area (Å²) in [4.78, 5) is 25.0. The third-order valence-corrected chi connectivity index (χ3v) is 4.64. The molecular formula is C19H27ClN2O2. The van der Waals surface area contributed by atoms with Gasteiger partial charge in [-0.1, -0.05) is 44.7 Å². The minimum absolute atomic E-state index is 0.0714. The summed E-state index contributed by atoms with van der Waals surface area (Å²) in [7, 11) is 0. The maximum absolute atomic E-state index is 12.6. The number of nitrogens with one attached hydrogen (secondary N) is 2. The van der Waals surface area contributed by atoms with Crippen molar-refractivity contribution in [2.75, 3.05) is 0 Å². The molecule has 0 bridgehead atoms. The van der Waals surface area contributed by atoms with E-state index in [1.54, 1.807) is 24.3 Å². The first kappa shape index (κ1) is 18.8. The molecule has 2 rings (SSSR count). The lowest BCUT2D eigenvalue weighted by Gasteiger charge is -2.26. The average Bonchev–Trinajstić information content (AvgIpc) is 2.55. The van der Waals surface area contributed by atoms with E-state index >= 15 is 0 Å².